The zero-order valence-electron chi connectivity index (χ0n) is 19.1. The molecule has 5 rings (SSSR count). The first-order valence-corrected chi connectivity index (χ1v) is 11.6. The molecular formula is C26H29NO6. The molecule has 1 saturated carbocycles. The third-order valence-electron chi connectivity index (χ3n) is 7.42. The number of benzene rings is 2. The van der Waals surface area contributed by atoms with Gasteiger partial charge in [-0.1, -0.05) is 12.8 Å². The third kappa shape index (κ3) is 3.84. The molecule has 3 aromatic rings. The van der Waals surface area contributed by atoms with E-state index in [2.05, 4.69) is 0 Å². The van der Waals surface area contributed by atoms with Crippen molar-refractivity contribution >= 4 is 27.6 Å². The largest absolute Gasteiger partial charge is 0.497 e. The van der Waals surface area contributed by atoms with Gasteiger partial charge in [0.25, 0.3) is 5.91 Å². The zero-order valence-corrected chi connectivity index (χ0v) is 19.1. The quantitative estimate of drug-likeness (QED) is 0.480. The van der Waals surface area contributed by atoms with E-state index in [9.17, 15) is 14.7 Å². The van der Waals surface area contributed by atoms with Crippen LogP contribution in [-0.2, 0) is 4.79 Å². The second-order valence-electron chi connectivity index (χ2n) is 9.29. The minimum absolute atomic E-state index is 0.0887. The standard InChI is InChI=1S/C26H29NO6/c1-16-22(32-15-23(28)27-12-11-26(30)10-4-3-5-17(26)14-27)9-8-20-19-7-6-18(31-2)13-21(19)25(29)33-24(16)20/h6-9,13,17,30H,3-5,10-12,14-15H2,1-2H3/t17-,26+/m1/s1. The Hall–Kier alpha value is -3.06. The smallest absolute Gasteiger partial charge is 0.344 e. The highest BCUT2D eigenvalue weighted by molar-refractivity contribution is 6.06. The van der Waals surface area contributed by atoms with Crippen LogP contribution >= 0.6 is 0 Å². The molecule has 174 valence electrons. The molecule has 1 aliphatic carbocycles. The summed E-state index contributed by atoms with van der Waals surface area (Å²) in [6.45, 7) is 2.87. The Balaban J connectivity index is 1.35. The molecular weight excluding hydrogens is 422 g/mol. The highest BCUT2D eigenvalue weighted by Crippen LogP contribution is 2.40. The molecule has 2 fully saturated rings. The van der Waals surface area contributed by atoms with Gasteiger partial charge >= 0.3 is 5.63 Å². The summed E-state index contributed by atoms with van der Waals surface area (Å²) in [5.41, 5.74) is 0.0686. The normalized spacial score (nSPS) is 22.9. The van der Waals surface area contributed by atoms with Gasteiger partial charge in [-0.15, -0.1) is 0 Å². The first-order valence-electron chi connectivity index (χ1n) is 11.6. The van der Waals surface area contributed by atoms with E-state index in [1.54, 1.807) is 13.2 Å². The Kier molecular flexibility index (Phi) is 5.52. The van der Waals surface area contributed by atoms with E-state index in [0.717, 1.165) is 36.5 Å². The van der Waals surface area contributed by atoms with Gasteiger partial charge in [-0.05, 0) is 56.5 Å². The van der Waals surface area contributed by atoms with Gasteiger partial charge in [-0.2, -0.15) is 0 Å². The fourth-order valence-electron chi connectivity index (χ4n) is 5.40. The Labute approximate surface area is 191 Å². The fourth-order valence-corrected chi connectivity index (χ4v) is 5.40. The number of carbonyl (C=O) groups excluding carboxylic acids is 1. The predicted octanol–water partition coefficient (Wildman–Crippen LogP) is 3.80. The number of amides is 1. The summed E-state index contributed by atoms with van der Waals surface area (Å²) in [5.74, 6) is 1.16. The highest BCUT2D eigenvalue weighted by Gasteiger charge is 2.43. The topological polar surface area (TPSA) is 89.2 Å². The molecule has 7 heteroatoms. The Bertz CT molecular complexity index is 1280. The number of methoxy groups -OCH3 is 1. The summed E-state index contributed by atoms with van der Waals surface area (Å²) >= 11 is 0. The van der Waals surface area contributed by atoms with Crippen molar-refractivity contribution in [3.05, 3.63) is 46.3 Å². The molecule has 0 bridgehead atoms. The lowest BCUT2D eigenvalue weighted by Crippen LogP contribution is -2.55. The Morgan fingerprint density at radius 1 is 1.18 bits per heavy atom. The van der Waals surface area contributed by atoms with Crippen LogP contribution in [0.25, 0.3) is 21.7 Å². The van der Waals surface area contributed by atoms with E-state index >= 15 is 0 Å². The SMILES string of the molecule is COc1ccc2c(c1)c(=O)oc1c(C)c(OCC(=O)N3CC[C@@]4(O)CCCC[C@@H]4C3)ccc12. The van der Waals surface area contributed by atoms with E-state index in [1.165, 1.54) is 0 Å². The fraction of sp³-hybridized carbons (Fsp3) is 0.462. The molecule has 0 radical (unpaired) electrons. The predicted molar refractivity (Wildman–Crippen MR) is 125 cm³/mol. The molecule has 2 aromatic carbocycles. The molecule has 2 atom stereocenters. The van der Waals surface area contributed by atoms with Crippen LogP contribution in [0.2, 0.25) is 0 Å². The maximum absolute atomic E-state index is 12.8. The lowest BCUT2D eigenvalue weighted by atomic mass is 9.71. The average molecular weight is 452 g/mol. The van der Waals surface area contributed by atoms with E-state index in [0.29, 0.717) is 47.5 Å². The number of carbonyl (C=O) groups is 1. The molecule has 1 aliphatic heterocycles. The first kappa shape index (κ1) is 21.8. The number of rotatable bonds is 4. The van der Waals surface area contributed by atoms with Crippen LogP contribution in [0.4, 0.5) is 0 Å². The number of aliphatic hydroxyl groups is 1. The van der Waals surface area contributed by atoms with Crippen molar-refractivity contribution in [2.75, 3.05) is 26.8 Å². The zero-order chi connectivity index (χ0) is 23.2. The molecule has 1 N–H and O–H groups in total. The lowest BCUT2D eigenvalue weighted by molar-refractivity contribution is -0.145. The number of hydrogen-bond donors (Lipinski definition) is 1. The van der Waals surface area contributed by atoms with Gasteiger partial charge in [0.1, 0.15) is 17.1 Å². The lowest BCUT2D eigenvalue weighted by Gasteiger charge is -2.47. The van der Waals surface area contributed by atoms with Gasteiger partial charge in [0.15, 0.2) is 6.61 Å². The molecule has 1 aromatic heterocycles. The molecule has 0 unspecified atom stereocenters. The molecule has 1 amide bonds. The van der Waals surface area contributed by atoms with Crippen molar-refractivity contribution in [2.24, 2.45) is 5.92 Å². The van der Waals surface area contributed by atoms with Gasteiger partial charge in [-0.3, -0.25) is 4.79 Å². The van der Waals surface area contributed by atoms with Crippen LogP contribution in [0.5, 0.6) is 11.5 Å². The van der Waals surface area contributed by atoms with Crippen LogP contribution in [0.1, 0.15) is 37.7 Å². The van der Waals surface area contributed by atoms with Crippen LogP contribution in [0.15, 0.2) is 39.5 Å². The van der Waals surface area contributed by atoms with Crippen molar-refractivity contribution in [3.8, 4) is 11.5 Å². The molecule has 1 saturated heterocycles. The minimum atomic E-state index is -0.616. The third-order valence-corrected chi connectivity index (χ3v) is 7.42. The van der Waals surface area contributed by atoms with Crippen molar-refractivity contribution in [1.82, 2.24) is 4.90 Å². The van der Waals surface area contributed by atoms with Crippen molar-refractivity contribution in [2.45, 2.75) is 44.6 Å². The van der Waals surface area contributed by atoms with Gasteiger partial charge < -0.3 is 23.9 Å². The maximum atomic E-state index is 12.8. The van der Waals surface area contributed by atoms with Gasteiger partial charge in [0, 0.05) is 35.3 Å². The molecule has 7 nitrogen and oxygen atoms in total. The number of piperidine rings is 1. The average Bonchev–Trinajstić information content (AvgIpc) is 2.83. The van der Waals surface area contributed by atoms with Crippen LogP contribution in [0.3, 0.4) is 0 Å². The van der Waals surface area contributed by atoms with Crippen molar-refractivity contribution in [3.63, 3.8) is 0 Å². The molecule has 2 heterocycles. The summed E-state index contributed by atoms with van der Waals surface area (Å²) < 4.78 is 16.7. The molecule has 2 aliphatic rings. The van der Waals surface area contributed by atoms with Crippen molar-refractivity contribution in [1.29, 1.82) is 0 Å². The summed E-state index contributed by atoms with van der Waals surface area (Å²) in [6.07, 6.45) is 4.59. The Morgan fingerprint density at radius 2 is 2.00 bits per heavy atom. The van der Waals surface area contributed by atoms with E-state index in [-0.39, 0.29) is 18.4 Å². The highest BCUT2D eigenvalue weighted by atomic mass is 16.5. The first-order chi connectivity index (χ1) is 15.9. The number of ether oxygens (including phenoxy) is 2. The number of aryl methyl sites for hydroxylation is 1. The Morgan fingerprint density at radius 3 is 2.82 bits per heavy atom. The van der Waals surface area contributed by atoms with Crippen LogP contribution < -0.4 is 15.1 Å². The van der Waals surface area contributed by atoms with Crippen molar-refractivity contribution < 1.29 is 23.8 Å². The van der Waals surface area contributed by atoms with Gasteiger partial charge in [-0.25, -0.2) is 4.79 Å². The van der Waals surface area contributed by atoms with Gasteiger partial charge in [0.05, 0.1) is 18.1 Å². The number of likely N-dealkylation sites (tertiary alicyclic amines) is 1. The van der Waals surface area contributed by atoms with Crippen LogP contribution in [0, 0.1) is 12.8 Å². The second kappa shape index (κ2) is 8.37. The maximum Gasteiger partial charge on any atom is 0.344 e. The second-order valence-corrected chi connectivity index (χ2v) is 9.29. The minimum Gasteiger partial charge on any atom is -0.497 e. The van der Waals surface area contributed by atoms with Crippen LogP contribution in [-0.4, -0.2) is 48.3 Å². The monoisotopic (exact) mass is 451 g/mol. The van der Waals surface area contributed by atoms with E-state index in [1.807, 2.05) is 36.1 Å². The summed E-state index contributed by atoms with van der Waals surface area (Å²) in [4.78, 5) is 27.2. The number of hydrogen-bond acceptors (Lipinski definition) is 6. The molecule has 33 heavy (non-hydrogen) atoms. The number of nitrogens with zero attached hydrogens (tertiary/aromatic N) is 1. The molecule has 0 spiro atoms. The van der Waals surface area contributed by atoms with Gasteiger partial charge in [0.2, 0.25) is 0 Å². The summed E-state index contributed by atoms with van der Waals surface area (Å²) in [5, 5.41) is 12.9. The summed E-state index contributed by atoms with van der Waals surface area (Å²) in [7, 11) is 1.55. The summed E-state index contributed by atoms with van der Waals surface area (Å²) in [6, 6.07) is 8.99. The number of fused-ring (bicyclic) bond motifs is 4. The van der Waals surface area contributed by atoms with E-state index < -0.39 is 11.2 Å². The van der Waals surface area contributed by atoms with E-state index in [4.69, 9.17) is 13.9 Å².